The fourth-order valence-electron chi connectivity index (χ4n) is 2.11. The van der Waals surface area contributed by atoms with Crippen LogP contribution in [0.5, 0.6) is 5.06 Å². The number of carbonyl (C=O) groups excluding carboxylic acids is 1. The van der Waals surface area contributed by atoms with E-state index in [-0.39, 0.29) is 5.97 Å². The van der Waals surface area contributed by atoms with Gasteiger partial charge in [-0.2, -0.15) is 0 Å². The summed E-state index contributed by atoms with van der Waals surface area (Å²) in [4.78, 5) is 11.2. The summed E-state index contributed by atoms with van der Waals surface area (Å²) in [5.41, 5.74) is 0. The molecule has 0 amide bonds. The van der Waals surface area contributed by atoms with Crippen molar-refractivity contribution in [2.24, 2.45) is 0 Å². The first-order valence-corrected chi connectivity index (χ1v) is 6.93. The van der Waals surface area contributed by atoms with Crippen molar-refractivity contribution in [1.29, 1.82) is 0 Å². The lowest BCUT2D eigenvalue weighted by molar-refractivity contribution is -0.205. The summed E-state index contributed by atoms with van der Waals surface area (Å²) >= 11 is 7.22. The molecule has 1 aromatic heterocycles. The van der Waals surface area contributed by atoms with E-state index in [9.17, 15) is 4.79 Å². The average Bonchev–Trinajstić information content (AvgIpc) is 2.63. The van der Waals surface area contributed by atoms with Gasteiger partial charge in [0.25, 0.3) is 5.79 Å². The minimum atomic E-state index is -0.779. The fraction of sp³-hybridized carbons (Fsp3) is 0.583. The third-order valence-corrected chi connectivity index (χ3v) is 3.89. The van der Waals surface area contributed by atoms with Crippen molar-refractivity contribution in [2.75, 3.05) is 0 Å². The molecule has 1 fully saturated rings. The second kappa shape index (κ2) is 5.27. The molecule has 94 valence electrons. The van der Waals surface area contributed by atoms with Gasteiger partial charge in [0, 0.05) is 19.8 Å². The van der Waals surface area contributed by atoms with E-state index in [4.69, 9.17) is 21.1 Å². The van der Waals surface area contributed by atoms with Crippen LogP contribution in [0.2, 0.25) is 4.34 Å². The second-order valence-corrected chi connectivity index (χ2v) is 5.90. The maximum absolute atomic E-state index is 11.2. The number of esters is 1. The number of thiophene rings is 1. The van der Waals surface area contributed by atoms with Gasteiger partial charge in [0.2, 0.25) is 0 Å². The van der Waals surface area contributed by atoms with E-state index in [1.807, 2.05) is 6.07 Å². The number of ether oxygens (including phenoxy) is 2. The van der Waals surface area contributed by atoms with Gasteiger partial charge in [-0.3, -0.25) is 4.79 Å². The summed E-state index contributed by atoms with van der Waals surface area (Å²) in [6.07, 6.45) is 4.71. The molecule has 17 heavy (non-hydrogen) atoms. The lowest BCUT2D eigenvalue weighted by Gasteiger charge is -2.35. The first kappa shape index (κ1) is 12.7. The first-order valence-electron chi connectivity index (χ1n) is 5.74. The van der Waals surface area contributed by atoms with E-state index in [2.05, 4.69) is 0 Å². The minimum absolute atomic E-state index is 0.297. The highest BCUT2D eigenvalue weighted by Crippen LogP contribution is 2.38. The van der Waals surface area contributed by atoms with E-state index in [1.165, 1.54) is 18.3 Å². The van der Waals surface area contributed by atoms with Crippen molar-refractivity contribution in [3.63, 3.8) is 0 Å². The maximum atomic E-state index is 11.2. The Morgan fingerprint density at radius 3 is 2.59 bits per heavy atom. The van der Waals surface area contributed by atoms with Gasteiger partial charge in [-0.1, -0.05) is 29.4 Å². The molecule has 1 aliphatic rings. The predicted octanol–water partition coefficient (Wildman–Crippen LogP) is 4.00. The van der Waals surface area contributed by atoms with Crippen molar-refractivity contribution in [3.05, 3.63) is 16.5 Å². The topological polar surface area (TPSA) is 35.5 Å². The predicted molar refractivity (Wildman–Crippen MR) is 67.5 cm³/mol. The zero-order valence-corrected chi connectivity index (χ0v) is 11.3. The highest BCUT2D eigenvalue weighted by atomic mass is 35.5. The van der Waals surface area contributed by atoms with Crippen molar-refractivity contribution >= 4 is 28.9 Å². The van der Waals surface area contributed by atoms with Crippen LogP contribution in [0.4, 0.5) is 0 Å². The van der Waals surface area contributed by atoms with Crippen LogP contribution in [0.15, 0.2) is 12.1 Å². The van der Waals surface area contributed by atoms with Gasteiger partial charge in [-0.05, 0) is 25.0 Å². The van der Waals surface area contributed by atoms with Crippen molar-refractivity contribution in [1.82, 2.24) is 0 Å². The molecule has 0 aliphatic heterocycles. The van der Waals surface area contributed by atoms with Gasteiger partial charge in [-0.25, -0.2) is 0 Å². The van der Waals surface area contributed by atoms with E-state index < -0.39 is 5.79 Å². The average molecular weight is 275 g/mol. The van der Waals surface area contributed by atoms with Crippen LogP contribution in [0.3, 0.4) is 0 Å². The molecule has 0 N–H and O–H groups in total. The molecular formula is C12H15ClO3S. The molecule has 3 nitrogen and oxygen atoms in total. The van der Waals surface area contributed by atoms with Crippen LogP contribution < -0.4 is 4.74 Å². The summed E-state index contributed by atoms with van der Waals surface area (Å²) in [5.74, 6) is -1.08. The number of hydrogen-bond acceptors (Lipinski definition) is 4. The maximum Gasteiger partial charge on any atom is 0.305 e. The summed E-state index contributed by atoms with van der Waals surface area (Å²) in [7, 11) is 0. The Morgan fingerprint density at radius 2 is 2.06 bits per heavy atom. The number of rotatable bonds is 3. The van der Waals surface area contributed by atoms with Crippen LogP contribution >= 0.6 is 22.9 Å². The molecule has 1 heterocycles. The normalized spacial score (nSPS) is 18.7. The molecule has 0 unspecified atom stereocenters. The SMILES string of the molecule is CC(=O)OC1(Oc2ccc(Cl)s2)CCCCC1. The summed E-state index contributed by atoms with van der Waals surface area (Å²) in [6.45, 7) is 1.42. The Hall–Kier alpha value is -0.740. The number of carbonyl (C=O) groups is 1. The molecule has 1 aromatic rings. The van der Waals surface area contributed by atoms with Crippen LogP contribution in [0.1, 0.15) is 39.0 Å². The molecule has 0 atom stereocenters. The molecule has 0 spiro atoms. The van der Waals surface area contributed by atoms with Gasteiger partial charge in [0.1, 0.15) is 0 Å². The van der Waals surface area contributed by atoms with Gasteiger partial charge >= 0.3 is 5.97 Å². The highest BCUT2D eigenvalue weighted by molar-refractivity contribution is 7.17. The minimum Gasteiger partial charge on any atom is -0.443 e. The lowest BCUT2D eigenvalue weighted by atomic mass is 9.94. The zero-order chi connectivity index (χ0) is 12.3. The lowest BCUT2D eigenvalue weighted by Crippen LogP contribution is -2.42. The summed E-state index contributed by atoms with van der Waals surface area (Å²) < 4.78 is 11.9. The monoisotopic (exact) mass is 274 g/mol. The molecule has 1 saturated carbocycles. The first-order chi connectivity index (χ1) is 8.10. The summed E-state index contributed by atoms with van der Waals surface area (Å²) in [6, 6.07) is 3.60. The van der Waals surface area contributed by atoms with E-state index in [1.54, 1.807) is 6.07 Å². The van der Waals surface area contributed by atoms with Crippen LogP contribution in [0, 0.1) is 0 Å². The van der Waals surface area contributed by atoms with Crippen molar-refractivity contribution < 1.29 is 14.3 Å². The Labute approximate surface area is 110 Å². The quantitative estimate of drug-likeness (QED) is 0.617. The summed E-state index contributed by atoms with van der Waals surface area (Å²) in [5, 5.41) is 0.707. The van der Waals surface area contributed by atoms with E-state index in [0.717, 1.165) is 32.1 Å². The van der Waals surface area contributed by atoms with Crippen LogP contribution in [-0.2, 0) is 9.53 Å². The van der Waals surface area contributed by atoms with Gasteiger partial charge in [0.15, 0.2) is 5.06 Å². The van der Waals surface area contributed by atoms with Crippen LogP contribution in [0.25, 0.3) is 0 Å². The molecular weight excluding hydrogens is 260 g/mol. The van der Waals surface area contributed by atoms with Crippen molar-refractivity contribution in [2.45, 2.75) is 44.8 Å². The number of halogens is 1. The number of hydrogen-bond donors (Lipinski definition) is 0. The third kappa shape index (κ3) is 3.36. The Kier molecular flexibility index (Phi) is 3.94. The van der Waals surface area contributed by atoms with Gasteiger partial charge in [0.05, 0.1) is 4.34 Å². The largest absolute Gasteiger partial charge is 0.443 e. The van der Waals surface area contributed by atoms with E-state index >= 15 is 0 Å². The fourth-order valence-corrected chi connectivity index (χ4v) is 3.06. The Bertz CT molecular complexity index is 396. The van der Waals surface area contributed by atoms with Crippen molar-refractivity contribution in [3.8, 4) is 5.06 Å². The third-order valence-electron chi connectivity index (χ3n) is 2.78. The Balaban J connectivity index is 2.12. The molecule has 0 bridgehead atoms. The molecule has 0 radical (unpaired) electrons. The van der Waals surface area contributed by atoms with E-state index in [0.29, 0.717) is 9.40 Å². The second-order valence-electron chi connectivity index (χ2n) is 4.23. The van der Waals surface area contributed by atoms with Crippen LogP contribution in [-0.4, -0.2) is 11.8 Å². The van der Waals surface area contributed by atoms with Gasteiger partial charge in [-0.15, -0.1) is 0 Å². The molecule has 0 aromatic carbocycles. The van der Waals surface area contributed by atoms with Gasteiger partial charge < -0.3 is 9.47 Å². The molecule has 1 aliphatic carbocycles. The molecule has 2 rings (SSSR count). The zero-order valence-electron chi connectivity index (χ0n) is 9.70. The molecule has 0 saturated heterocycles. The Morgan fingerprint density at radius 1 is 1.35 bits per heavy atom. The molecule has 5 heteroatoms. The highest BCUT2D eigenvalue weighted by Gasteiger charge is 2.38. The standard InChI is InChI=1S/C12H15ClO3S/c1-9(14)15-12(7-3-2-4-8-12)16-11-6-5-10(13)17-11/h5-6H,2-4,7-8H2,1H3. The smallest absolute Gasteiger partial charge is 0.305 e.